The zero-order valence-electron chi connectivity index (χ0n) is 4.36. The van der Waals surface area contributed by atoms with Crippen molar-refractivity contribution in [2.45, 2.75) is 19.5 Å². The first-order valence-corrected chi connectivity index (χ1v) is 1.93. The lowest BCUT2D eigenvalue weighted by Gasteiger charge is -2.05. The third-order valence-corrected chi connectivity index (χ3v) is 0.586. The van der Waals surface area contributed by atoms with Crippen LogP contribution in [0.25, 0.3) is 0 Å². The summed E-state index contributed by atoms with van der Waals surface area (Å²) in [5.41, 5.74) is 2.69. The summed E-state index contributed by atoms with van der Waals surface area (Å²) in [4.78, 5) is 9.87. The maximum Gasteiger partial charge on any atom is 0.254 e. The van der Waals surface area contributed by atoms with Crippen LogP contribution >= 0.6 is 0 Å². The molecule has 0 unspecified atom stereocenters. The van der Waals surface area contributed by atoms with E-state index >= 15 is 0 Å². The van der Waals surface area contributed by atoms with E-state index in [1.54, 1.807) is 0 Å². The number of carbonyl (C=O) groups excluding carboxylic acids is 1. The normalized spacial score (nSPS) is 11.3. The molecule has 0 fully saturated rings. The van der Waals surface area contributed by atoms with Crippen molar-refractivity contribution in [3.8, 4) is 0 Å². The molecule has 3 heteroatoms. The average Bonchev–Trinajstić information content (AvgIpc) is 1.31. The molecule has 0 bridgehead atoms. The largest absolute Gasteiger partial charge is 0.367 e. The van der Waals surface area contributed by atoms with Gasteiger partial charge >= 0.3 is 0 Å². The number of rotatable bonds is 1. The van der Waals surface area contributed by atoms with Crippen molar-refractivity contribution in [3.63, 3.8) is 0 Å². The van der Waals surface area contributed by atoms with Gasteiger partial charge in [-0.25, -0.2) is 4.39 Å². The maximum absolute atomic E-state index is 12.0. The molecule has 0 heterocycles. The van der Waals surface area contributed by atoms with Crippen molar-refractivity contribution in [3.05, 3.63) is 0 Å². The van der Waals surface area contributed by atoms with Crippen molar-refractivity contribution in [1.82, 2.24) is 0 Å². The van der Waals surface area contributed by atoms with Gasteiger partial charge in [0.05, 0.1) is 0 Å². The fourth-order valence-corrected chi connectivity index (χ4v) is 0. The fourth-order valence-electron chi connectivity index (χ4n) is 0. The molecule has 0 spiro atoms. The predicted octanol–water partition coefficient (Wildman–Crippen LogP) is 0.220. The molecule has 0 aromatic heterocycles. The lowest BCUT2D eigenvalue weighted by Crippen LogP contribution is -2.33. The van der Waals surface area contributed by atoms with E-state index in [-0.39, 0.29) is 0 Å². The van der Waals surface area contributed by atoms with Gasteiger partial charge in [-0.1, -0.05) is 0 Å². The number of alkyl halides is 1. The van der Waals surface area contributed by atoms with Gasteiger partial charge in [0.1, 0.15) is 0 Å². The first kappa shape index (κ1) is 6.40. The molecule has 2 N–H and O–H groups in total. The van der Waals surface area contributed by atoms with Gasteiger partial charge in [-0.2, -0.15) is 0 Å². The van der Waals surface area contributed by atoms with E-state index in [1.165, 1.54) is 0 Å². The molecule has 0 radical (unpaired) electrons. The van der Waals surface area contributed by atoms with Gasteiger partial charge in [-0.3, -0.25) is 4.79 Å². The van der Waals surface area contributed by atoms with Gasteiger partial charge in [0.2, 0.25) is 0 Å². The van der Waals surface area contributed by atoms with Crippen molar-refractivity contribution >= 4 is 5.91 Å². The first-order chi connectivity index (χ1) is 2.94. The first-order valence-electron chi connectivity index (χ1n) is 1.93. The molecule has 0 saturated carbocycles. The molecule has 0 aliphatic carbocycles. The summed E-state index contributed by atoms with van der Waals surface area (Å²) < 4.78 is 12.0. The summed E-state index contributed by atoms with van der Waals surface area (Å²) in [5, 5.41) is 0. The highest BCUT2D eigenvalue weighted by Gasteiger charge is 2.22. The molecule has 0 rings (SSSR count). The van der Waals surface area contributed by atoms with E-state index in [0.717, 1.165) is 13.8 Å². The summed E-state index contributed by atoms with van der Waals surface area (Å²) in [6, 6.07) is 0. The Morgan fingerprint density at radius 1 is 1.71 bits per heavy atom. The van der Waals surface area contributed by atoms with Gasteiger partial charge in [-0.05, 0) is 13.8 Å². The van der Waals surface area contributed by atoms with Gasteiger partial charge in [0.25, 0.3) is 5.91 Å². The molecule has 0 saturated heterocycles. The van der Waals surface area contributed by atoms with E-state index in [9.17, 15) is 9.18 Å². The number of primary amides is 1. The molecule has 0 aliphatic heterocycles. The molecule has 42 valence electrons. The molecule has 1 amide bonds. The summed E-state index contributed by atoms with van der Waals surface area (Å²) >= 11 is 0. The second kappa shape index (κ2) is 1.48. The third-order valence-electron chi connectivity index (χ3n) is 0.586. The average molecular weight is 105 g/mol. The highest BCUT2D eigenvalue weighted by atomic mass is 19.1. The lowest BCUT2D eigenvalue weighted by molar-refractivity contribution is -0.127. The van der Waals surface area contributed by atoms with E-state index < -0.39 is 11.6 Å². The van der Waals surface area contributed by atoms with Crippen molar-refractivity contribution in [1.29, 1.82) is 0 Å². The van der Waals surface area contributed by atoms with Crippen LogP contribution in [0.1, 0.15) is 13.8 Å². The Morgan fingerprint density at radius 3 is 1.86 bits per heavy atom. The Morgan fingerprint density at radius 2 is 1.86 bits per heavy atom. The number of hydrogen-bond acceptors (Lipinski definition) is 1. The maximum atomic E-state index is 12.0. The van der Waals surface area contributed by atoms with Gasteiger partial charge < -0.3 is 5.73 Å². The Hall–Kier alpha value is -0.600. The Labute approximate surface area is 41.5 Å². The molecule has 0 aromatic carbocycles. The van der Waals surface area contributed by atoms with Gasteiger partial charge in [0, 0.05) is 0 Å². The third kappa shape index (κ3) is 2.14. The number of hydrogen-bond donors (Lipinski definition) is 1. The fraction of sp³-hybridized carbons (Fsp3) is 0.750. The highest BCUT2D eigenvalue weighted by Crippen LogP contribution is 2.04. The van der Waals surface area contributed by atoms with Crippen LogP contribution in [0.2, 0.25) is 0 Å². The van der Waals surface area contributed by atoms with Crippen LogP contribution in [0.4, 0.5) is 4.39 Å². The van der Waals surface area contributed by atoms with E-state index in [2.05, 4.69) is 5.73 Å². The minimum Gasteiger partial charge on any atom is -0.367 e. The van der Waals surface area contributed by atoms with Crippen LogP contribution in [0.5, 0.6) is 0 Å². The molecular formula is C4H8FNO. The molecule has 2 nitrogen and oxygen atoms in total. The van der Waals surface area contributed by atoms with Crippen LogP contribution in [-0.2, 0) is 4.79 Å². The second-order valence-electron chi connectivity index (χ2n) is 1.84. The van der Waals surface area contributed by atoms with Crippen molar-refractivity contribution in [2.24, 2.45) is 5.73 Å². The van der Waals surface area contributed by atoms with E-state index in [0.29, 0.717) is 0 Å². The molecule has 0 aliphatic rings. The molecule has 0 aromatic rings. The lowest BCUT2D eigenvalue weighted by atomic mass is 10.2. The SMILES string of the molecule is CC(C)(F)C(N)=O. The topological polar surface area (TPSA) is 43.1 Å². The van der Waals surface area contributed by atoms with Crippen LogP contribution in [-0.4, -0.2) is 11.6 Å². The quantitative estimate of drug-likeness (QED) is 0.509. The summed E-state index contributed by atoms with van der Waals surface area (Å²) in [6.45, 7) is 2.24. The van der Waals surface area contributed by atoms with Crippen molar-refractivity contribution in [2.75, 3.05) is 0 Å². The number of amides is 1. The van der Waals surface area contributed by atoms with Crippen molar-refractivity contribution < 1.29 is 9.18 Å². The number of nitrogens with two attached hydrogens (primary N) is 1. The molecular weight excluding hydrogens is 97.0 g/mol. The van der Waals surface area contributed by atoms with Gasteiger partial charge in [-0.15, -0.1) is 0 Å². The molecule has 7 heavy (non-hydrogen) atoms. The standard InChI is InChI=1S/C4H8FNO/c1-4(2,5)3(6)7/h1-2H3,(H2,6,7). The molecule has 0 atom stereocenters. The number of halogens is 1. The highest BCUT2D eigenvalue weighted by molar-refractivity contribution is 5.82. The second-order valence-corrected chi connectivity index (χ2v) is 1.84. The summed E-state index contributed by atoms with van der Waals surface area (Å²) in [5.74, 6) is -0.924. The number of carbonyl (C=O) groups is 1. The Bertz CT molecular complexity index is 84.2. The zero-order valence-corrected chi connectivity index (χ0v) is 4.36. The summed E-state index contributed by atoms with van der Waals surface area (Å²) in [7, 11) is 0. The van der Waals surface area contributed by atoms with Crippen LogP contribution in [0, 0.1) is 0 Å². The monoisotopic (exact) mass is 105 g/mol. The van der Waals surface area contributed by atoms with Crippen LogP contribution in [0.15, 0.2) is 0 Å². The van der Waals surface area contributed by atoms with E-state index in [4.69, 9.17) is 0 Å². The Kier molecular flexibility index (Phi) is 1.35. The zero-order chi connectivity index (χ0) is 6.08. The Balaban J connectivity index is 3.79. The van der Waals surface area contributed by atoms with Crippen LogP contribution < -0.4 is 5.73 Å². The predicted molar refractivity (Wildman–Crippen MR) is 24.4 cm³/mol. The minimum absolute atomic E-state index is 0.924. The minimum atomic E-state index is -1.86. The van der Waals surface area contributed by atoms with Gasteiger partial charge in [0.15, 0.2) is 5.67 Å². The summed E-state index contributed by atoms with van der Waals surface area (Å²) in [6.07, 6.45) is 0. The van der Waals surface area contributed by atoms with E-state index in [1.807, 2.05) is 0 Å². The smallest absolute Gasteiger partial charge is 0.254 e. The van der Waals surface area contributed by atoms with Crippen LogP contribution in [0.3, 0.4) is 0 Å².